The van der Waals surface area contributed by atoms with Crippen molar-refractivity contribution in [1.82, 2.24) is 0 Å². The fourth-order valence-electron chi connectivity index (χ4n) is 3.53. The molecule has 152 valence electrons. The zero-order chi connectivity index (χ0) is 19.7. The molecular formula is C21H32O5S. The van der Waals surface area contributed by atoms with E-state index in [0.29, 0.717) is 6.42 Å². The summed E-state index contributed by atoms with van der Waals surface area (Å²) in [6, 6.07) is 4.23. The fourth-order valence-corrected chi connectivity index (χ4v) is 4.92. The SMILES string of the molecule is CCCCCCCCCS(=O)(=O)c1ccc(OC2CCCC2)c(C(=O)O)c1. The summed E-state index contributed by atoms with van der Waals surface area (Å²) >= 11 is 0. The number of carboxylic acids is 1. The Morgan fingerprint density at radius 1 is 1.07 bits per heavy atom. The van der Waals surface area contributed by atoms with Gasteiger partial charge < -0.3 is 9.84 Å². The maximum Gasteiger partial charge on any atom is 0.339 e. The molecule has 6 heteroatoms. The van der Waals surface area contributed by atoms with Crippen LogP contribution < -0.4 is 4.74 Å². The molecule has 0 aliphatic heterocycles. The Labute approximate surface area is 163 Å². The molecule has 1 aliphatic rings. The van der Waals surface area contributed by atoms with E-state index in [0.717, 1.165) is 44.9 Å². The largest absolute Gasteiger partial charge is 0.490 e. The van der Waals surface area contributed by atoms with Crippen molar-refractivity contribution in [3.05, 3.63) is 23.8 Å². The van der Waals surface area contributed by atoms with Crippen LogP contribution in [0.2, 0.25) is 0 Å². The molecular weight excluding hydrogens is 364 g/mol. The van der Waals surface area contributed by atoms with Crippen molar-refractivity contribution in [3.8, 4) is 5.75 Å². The average Bonchev–Trinajstić information content (AvgIpc) is 3.14. The number of hydrogen-bond donors (Lipinski definition) is 1. The van der Waals surface area contributed by atoms with Gasteiger partial charge in [-0.2, -0.15) is 0 Å². The molecule has 0 heterocycles. The second-order valence-corrected chi connectivity index (χ2v) is 9.54. The lowest BCUT2D eigenvalue weighted by atomic mass is 10.1. The molecule has 27 heavy (non-hydrogen) atoms. The number of carboxylic acid groups (broad SMARTS) is 1. The smallest absolute Gasteiger partial charge is 0.339 e. The molecule has 1 aromatic carbocycles. The van der Waals surface area contributed by atoms with Gasteiger partial charge in [0.05, 0.1) is 16.8 Å². The lowest BCUT2D eigenvalue weighted by molar-refractivity contribution is 0.0689. The number of sulfone groups is 1. The first-order valence-corrected chi connectivity index (χ1v) is 11.9. The molecule has 0 amide bonds. The molecule has 0 spiro atoms. The average molecular weight is 397 g/mol. The van der Waals surface area contributed by atoms with E-state index in [1.165, 1.54) is 37.5 Å². The summed E-state index contributed by atoms with van der Waals surface area (Å²) in [6.45, 7) is 2.17. The van der Waals surface area contributed by atoms with Gasteiger partial charge in [0.2, 0.25) is 0 Å². The van der Waals surface area contributed by atoms with Crippen LogP contribution in [0.4, 0.5) is 0 Å². The molecule has 1 fully saturated rings. The summed E-state index contributed by atoms with van der Waals surface area (Å²) in [5.41, 5.74) is -0.0671. The number of hydrogen-bond acceptors (Lipinski definition) is 4. The zero-order valence-electron chi connectivity index (χ0n) is 16.3. The summed E-state index contributed by atoms with van der Waals surface area (Å²) in [4.78, 5) is 11.7. The third-order valence-corrected chi connectivity index (χ3v) is 6.95. The second-order valence-electron chi connectivity index (χ2n) is 7.43. The van der Waals surface area contributed by atoms with Gasteiger partial charge in [-0.15, -0.1) is 0 Å². The third kappa shape index (κ3) is 6.83. The van der Waals surface area contributed by atoms with Crippen LogP contribution >= 0.6 is 0 Å². The van der Waals surface area contributed by atoms with Gasteiger partial charge in [-0.05, 0) is 50.3 Å². The van der Waals surface area contributed by atoms with E-state index in [9.17, 15) is 18.3 Å². The van der Waals surface area contributed by atoms with Gasteiger partial charge in [0.1, 0.15) is 11.3 Å². The van der Waals surface area contributed by atoms with Crippen LogP contribution in [0.25, 0.3) is 0 Å². The highest BCUT2D eigenvalue weighted by Crippen LogP contribution is 2.29. The maximum absolute atomic E-state index is 12.6. The van der Waals surface area contributed by atoms with Crippen molar-refractivity contribution < 1.29 is 23.1 Å². The van der Waals surface area contributed by atoms with Crippen LogP contribution in [0.15, 0.2) is 23.1 Å². The first-order chi connectivity index (χ1) is 12.9. The monoisotopic (exact) mass is 396 g/mol. The maximum atomic E-state index is 12.6. The zero-order valence-corrected chi connectivity index (χ0v) is 17.1. The van der Waals surface area contributed by atoms with E-state index >= 15 is 0 Å². The first kappa shape index (κ1) is 21.7. The van der Waals surface area contributed by atoms with Crippen LogP contribution in [0.3, 0.4) is 0 Å². The van der Waals surface area contributed by atoms with Crippen LogP contribution in [0.1, 0.15) is 87.9 Å². The molecule has 1 saturated carbocycles. The Balaban J connectivity index is 1.97. The molecule has 5 nitrogen and oxygen atoms in total. The number of rotatable bonds is 12. The predicted octanol–water partition coefficient (Wildman–Crippen LogP) is 5.23. The number of benzene rings is 1. The minimum atomic E-state index is -3.48. The molecule has 0 unspecified atom stereocenters. The molecule has 1 aromatic rings. The van der Waals surface area contributed by atoms with E-state index in [-0.39, 0.29) is 28.1 Å². The van der Waals surface area contributed by atoms with Gasteiger partial charge in [0.25, 0.3) is 0 Å². The molecule has 0 radical (unpaired) electrons. The highest BCUT2D eigenvalue weighted by molar-refractivity contribution is 7.91. The van der Waals surface area contributed by atoms with Gasteiger partial charge in [-0.25, -0.2) is 13.2 Å². The van der Waals surface area contributed by atoms with Gasteiger partial charge in [-0.1, -0.05) is 45.4 Å². The lowest BCUT2D eigenvalue weighted by Crippen LogP contribution is -2.15. The Morgan fingerprint density at radius 2 is 1.70 bits per heavy atom. The van der Waals surface area contributed by atoms with E-state index in [2.05, 4.69) is 6.92 Å². The third-order valence-electron chi connectivity index (χ3n) is 5.15. The van der Waals surface area contributed by atoms with Crippen molar-refractivity contribution in [2.45, 2.75) is 88.6 Å². The van der Waals surface area contributed by atoms with Gasteiger partial charge in [0.15, 0.2) is 9.84 Å². The van der Waals surface area contributed by atoms with Crippen molar-refractivity contribution in [2.24, 2.45) is 0 Å². The van der Waals surface area contributed by atoms with Crippen LogP contribution in [-0.2, 0) is 9.84 Å². The van der Waals surface area contributed by atoms with Crippen molar-refractivity contribution >= 4 is 15.8 Å². The van der Waals surface area contributed by atoms with Gasteiger partial charge in [-0.3, -0.25) is 0 Å². The van der Waals surface area contributed by atoms with E-state index < -0.39 is 15.8 Å². The van der Waals surface area contributed by atoms with E-state index in [1.807, 2.05) is 0 Å². The quantitative estimate of drug-likeness (QED) is 0.489. The normalized spacial score (nSPS) is 15.1. The fraction of sp³-hybridized carbons (Fsp3) is 0.667. The van der Waals surface area contributed by atoms with E-state index in [4.69, 9.17) is 4.74 Å². The summed E-state index contributed by atoms with van der Waals surface area (Å²) < 4.78 is 30.9. The number of carbonyl (C=O) groups is 1. The first-order valence-electron chi connectivity index (χ1n) is 10.2. The molecule has 1 N–H and O–H groups in total. The molecule has 0 bridgehead atoms. The predicted molar refractivity (Wildman–Crippen MR) is 106 cm³/mol. The van der Waals surface area contributed by atoms with Crippen LogP contribution in [-0.4, -0.2) is 31.4 Å². The van der Waals surface area contributed by atoms with Crippen molar-refractivity contribution in [2.75, 3.05) is 5.75 Å². The minimum absolute atomic E-state index is 0.0262. The standard InChI is InChI=1S/C21H32O5S/c1-2-3-4-5-6-7-10-15-27(24,25)18-13-14-20(19(16-18)21(22)23)26-17-11-8-9-12-17/h13-14,16-17H,2-12,15H2,1H3,(H,22,23). The highest BCUT2D eigenvalue weighted by Gasteiger charge is 2.23. The van der Waals surface area contributed by atoms with Crippen molar-refractivity contribution in [3.63, 3.8) is 0 Å². The number of unbranched alkanes of at least 4 members (excludes halogenated alkanes) is 6. The summed E-state index contributed by atoms with van der Waals surface area (Å²) in [5, 5.41) is 9.47. The number of ether oxygens (including phenoxy) is 1. The Bertz CT molecular complexity index is 705. The van der Waals surface area contributed by atoms with Crippen LogP contribution in [0, 0.1) is 0 Å². The molecule has 0 atom stereocenters. The van der Waals surface area contributed by atoms with Crippen molar-refractivity contribution in [1.29, 1.82) is 0 Å². The highest BCUT2D eigenvalue weighted by atomic mass is 32.2. The lowest BCUT2D eigenvalue weighted by Gasteiger charge is -2.16. The van der Waals surface area contributed by atoms with E-state index in [1.54, 1.807) is 0 Å². The Morgan fingerprint density at radius 3 is 2.33 bits per heavy atom. The molecule has 0 saturated heterocycles. The second kappa shape index (κ2) is 10.7. The Kier molecular flexibility index (Phi) is 8.61. The topological polar surface area (TPSA) is 80.7 Å². The molecule has 1 aliphatic carbocycles. The Hall–Kier alpha value is -1.56. The summed E-state index contributed by atoms with van der Waals surface area (Å²) in [7, 11) is -3.48. The van der Waals surface area contributed by atoms with Gasteiger partial charge >= 0.3 is 5.97 Å². The summed E-state index contributed by atoms with van der Waals surface area (Å²) in [6.07, 6.45) is 11.3. The molecule has 2 rings (SSSR count). The van der Waals surface area contributed by atoms with Gasteiger partial charge in [0, 0.05) is 0 Å². The minimum Gasteiger partial charge on any atom is -0.490 e. The molecule has 0 aromatic heterocycles. The van der Waals surface area contributed by atoms with Crippen LogP contribution in [0.5, 0.6) is 5.75 Å². The number of aromatic carboxylic acids is 1. The summed E-state index contributed by atoms with van der Waals surface area (Å²) in [5.74, 6) is -0.830.